The van der Waals surface area contributed by atoms with E-state index in [2.05, 4.69) is 21.2 Å². The number of amides is 2. The number of sulfonamides is 1. The molecule has 0 spiro atoms. The molecule has 3 rings (SSSR count). The van der Waals surface area contributed by atoms with E-state index in [1.54, 1.807) is 37.3 Å². The number of benzene rings is 3. The highest BCUT2D eigenvalue weighted by Gasteiger charge is 2.33. The van der Waals surface area contributed by atoms with Gasteiger partial charge in [0, 0.05) is 18.1 Å². The molecule has 10 heteroatoms. The molecule has 0 aliphatic heterocycles. The van der Waals surface area contributed by atoms with Gasteiger partial charge in [-0.2, -0.15) is 0 Å². The lowest BCUT2D eigenvalue weighted by atomic mass is 10.1. The number of rotatable bonds is 10. The van der Waals surface area contributed by atoms with Gasteiger partial charge < -0.3 is 15.0 Å². The van der Waals surface area contributed by atoms with Gasteiger partial charge in [-0.3, -0.25) is 13.9 Å². The third-order valence-corrected chi connectivity index (χ3v) is 8.47. The van der Waals surface area contributed by atoms with Crippen molar-refractivity contribution in [3.63, 3.8) is 0 Å². The van der Waals surface area contributed by atoms with Crippen molar-refractivity contribution in [2.45, 2.75) is 38.3 Å². The molecule has 0 heterocycles. The van der Waals surface area contributed by atoms with Gasteiger partial charge in [-0.05, 0) is 68.3 Å². The van der Waals surface area contributed by atoms with Crippen LogP contribution in [0.2, 0.25) is 0 Å². The molecule has 202 valence electrons. The second-order valence-corrected chi connectivity index (χ2v) is 11.7. The zero-order valence-electron chi connectivity index (χ0n) is 22.1. The molecule has 0 radical (unpaired) electrons. The van der Waals surface area contributed by atoms with Crippen LogP contribution in [0.15, 0.2) is 76.1 Å². The van der Waals surface area contributed by atoms with Gasteiger partial charge in [-0.15, -0.1) is 0 Å². The summed E-state index contributed by atoms with van der Waals surface area (Å²) >= 11 is 3.40. The van der Waals surface area contributed by atoms with Gasteiger partial charge in [-0.1, -0.05) is 51.8 Å². The molecule has 0 aromatic heterocycles. The van der Waals surface area contributed by atoms with Crippen LogP contribution in [0.1, 0.15) is 23.6 Å². The molecule has 3 aromatic rings. The van der Waals surface area contributed by atoms with E-state index < -0.39 is 28.5 Å². The van der Waals surface area contributed by atoms with Crippen molar-refractivity contribution in [1.82, 2.24) is 10.2 Å². The second kappa shape index (κ2) is 12.4. The Bertz CT molecular complexity index is 1390. The minimum Gasteiger partial charge on any atom is -0.495 e. The largest absolute Gasteiger partial charge is 0.495 e. The average molecular weight is 603 g/mol. The van der Waals surface area contributed by atoms with Gasteiger partial charge in [0.15, 0.2) is 0 Å². The average Bonchev–Trinajstić information content (AvgIpc) is 2.90. The number of nitrogens with one attached hydrogen (secondary N) is 1. The first kappa shape index (κ1) is 29.2. The van der Waals surface area contributed by atoms with Crippen LogP contribution in [0.4, 0.5) is 5.69 Å². The Morgan fingerprint density at radius 3 is 2.16 bits per heavy atom. The van der Waals surface area contributed by atoms with E-state index in [-0.39, 0.29) is 23.0 Å². The molecule has 0 bridgehead atoms. The number of aryl methyl sites for hydroxylation is 2. The van der Waals surface area contributed by atoms with Crippen molar-refractivity contribution in [3.05, 3.63) is 87.9 Å². The summed E-state index contributed by atoms with van der Waals surface area (Å²) in [7, 11) is -1.24. The molecule has 8 nitrogen and oxygen atoms in total. The van der Waals surface area contributed by atoms with Gasteiger partial charge in [0.1, 0.15) is 18.3 Å². The van der Waals surface area contributed by atoms with Crippen LogP contribution in [0, 0.1) is 13.8 Å². The molecule has 0 saturated carbocycles. The quantitative estimate of drug-likeness (QED) is 0.371. The predicted octanol–water partition coefficient (Wildman–Crippen LogP) is 4.43. The summed E-state index contributed by atoms with van der Waals surface area (Å²) in [5.41, 5.74) is 2.72. The van der Waals surface area contributed by atoms with Crippen molar-refractivity contribution >= 4 is 43.5 Å². The molecular weight excluding hydrogens is 570 g/mol. The topological polar surface area (TPSA) is 96.0 Å². The summed E-state index contributed by atoms with van der Waals surface area (Å²) in [4.78, 5) is 27.9. The lowest BCUT2D eigenvalue weighted by Gasteiger charge is -2.32. The van der Waals surface area contributed by atoms with Crippen LogP contribution in [-0.2, 0) is 26.2 Å². The number of carbonyl (C=O) groups is 2. The molecule has 0 aliphatic carbocycles. The molecular formula is C28H32BrN3O5S. The van der Waals surface area contributed by atoms with Gasteiger partial charge in [0.2, 0.25) is 11.8 Å². The van der Waals surface area contributed by atoms with Crippen molar-refractivity contribution < 1.29 is 22.7 Å². The maximum Gasteiger partial charge on any atom is 0.264 e. The number of anilines is 1. The van der Waals surface area contributed by atoms with E-state index in [4.69, 9.17) is 4.74 Å². The van der Waals surface area contributed by atoms with E-state index >= 15 is 0 Å². The fraction of sp³-hybridized carbons (Fsp3) is 0.286. The van der Waals surface area contributed by atoms with E-state index in [1.165, 1.54) is 31.2 Å². The Labute approximate surface area is 232 Å². The number of hydrogen-bond acceptors (Lipinski definition) is 5. The van der Waals surface area contributed by atoms with E-state index in [0.29, 0.717) is 5.75 Å². The van der Waals surface area contributed by atoms with Gasteiger partial charge in [0.05, 0.1) is 17.7 Å². The molecule has 0 saturated heterocycles. The normalized spacial score (nSPS) is 11.9. The number of hydrogen-bond donors (Lipinski definition) is 1. The fourth-order valence-corrected chi connectivity index (χ4v) is 5.60. The van der Waals surface area contributed by atoms with Gasteiger partial charge >= 0.3 is 0 Å². The van der Waals surface area contributed by atoms with Crippen molar-refractivity contribution in [1.29, 1.82) is 0 Å². The number of likely N-dealkylation sites (N-methyl/N-ethyl adjacent to an activating group) is 1. The Balaban J connectivity index is 2.10. The summed E-state index contributed by atoms with van der Waals surface area (Å²) in [6.07, 6.45) is 0. The number of carbonyl (C=O) groups excluding carboxylic acids is 2. The highest BCUT2D eigenvalue weighted by Crippen LogP contribution is 2.34. The van der Waals surface area contributed by atoms with Crippen LogP contribution in [-0.4, -0.2) is 51.9 Å². The molecule has 1 atom stereocenters. The molecule has 0 unspecified atom stereocenters. The lowest BCUT2D eigenvalue weighted by molar-refractivity contribution is -0.139. The van der Waals surface area contributed by atoms with Gasteiger partial charge in [-0.25, -0.2) is 8.42 Å². The summed E-state index contributed by atoms with van der Waals surface area (Å²) in [6, 6.07) is 18.1. The van der Waals surface area contributed by atoms with E-state index in [9.17, 15) is 18.0 Å². The molecule has 2 amide bonds. The van der Waals surface area contributed by atoms with Crippen LogP contribution in [0.3, 0.4) is 0 Å². The third-order valence-electron chi connectivity index (χ3n) is 6.17. The standard InChI is InChI=1S/C28H32BrN3O5S/c1-19-6-13-24(14-7-19)38(35,36)32(25-16-20(2)8-15-26(25)37-5)18-27(33)31(21(3)28(34)30-4)17-22-9-11-23(29)12-10-22/h6-16,21H,17-18H2,1-5H3,(H,30,34)/t21-/m0/s1. The Hall–Kier alpha value is -3.37. The predicted molar refractivity (Wildman–Crippen MR) is 152 cm³/mol. The summed E-state index contributed by atoms with van der Waals surface area (Å²) in [5.74, 6) is -0.599. The van der Waals surface area contributed by atoms with Crippen LogP contribution in [0.25, 0.3) is 0 Å². The number of ether oxygens (including phenoxy) is 1. The number of halogens is 1. The van der Waals surface area contributed by atoms with Gasteiger partial charge in [0.25, 0.3) is 10.0 Å². The lowest BCUT2D eigenvalue weighted by Crippen LogP contribution is -2.50. The zero-order valence-corrected chi connectivity index (χ0v) is 24.5. The molecule has 0 aliphatic rings. The molecule has 1 N–H and O–H groups in total. The van der Waals surface area contributed by atoms with Crippen LogP contribution >= 0.6 is 15.9 Å². The third kappa shape index (κ3) is 6.73. The molecule has 0 fully saturated rings. The SMILES string of the molecule is CNC(=O)[C@H](C)N(Cc1ccc(Br)cc1)C(=O)CN(c1cc(C)ccc1OC)S(=O)(=O)c1ccc(C)cc1. The molecule has 3 aromatic carbocycles. The summed E-state index contributed by atoms with van der Waals surface area (Å²) in [5, 5.41) is 2.57. The highest BCUT2D eigenvalue weighted by molar-refractivity contribution is 9.10. The van der Waals surface area contributed by atoms with Crippen molar-refractivity contribution in [3.8, 4) is 5.75 Å². The van der Waals surface area contributed by atoms with E-state index in [1.807, 2.05) is 38.1 Å². The Morgan fingerprint density at radius 2 is 1.58 bits per heavy atom. The maximum atomic E-state index is 14.0. The second-order valence-electron chi connectivity index (χ2n) is 8.94. The zero-order chi connectivity index (χ0) is 28.0. The van der Waals surface area contributed by atoms with Crippen LogP contribution < -0.4 is 14.4 Å². The summed E-state index contributed by atoms with van der Waals surface area (Å²) < 4.78 is 35.3. The first-order valence-corrected chi connectivity index (χ1v) is 14.2. The Morgan fingerprint density at radius 1 is 0.974 bits per heavy atom. The first-order valence-electron chi connectivity index (χ1n) is 12.0. The highest BCUT2D eigenvalue weighted by atomic mass is 79.9. The molecule has 38 heavy (non-hydrogen) atoms. The first-order chi connectivity index (χ1) is 18.0. The maximum absolute atomic E-state index is 14.0. The number of nitrogens with zero attached hydrogens (tertiary/aromatic N) is 2. The Kier molecular flexibility index (Phi) is 9.56. The number of methoxy groups -OCH3 is 1. The smallest absolute Gasteiger partial charge is 0.264 e. The van der Waals surface area contributed by atoms with E-state index in [0.717, 1.165) is 25.5 Å². The fourth-order valence-electron chi connectivity index (χ4n) is 3.92. The minimum absolute atomic E-state index is 0.0401. The van der Waals surface area contributed by atoms with Crippen molar-refractivity contribution in [2.24, 2.45) is 0 Å². The summed E-state index contributed by atoms with van der Waals surface area (Å²) in [6.45, 7) is 4.88. The van der Waals surface area contributed by atoms with Crippen molar-refractivity contribution in [2.75, 3.05) is 25.0 Å². The minimum atomic E-state index is -4.18. The monoisotopic (exact) mass is 601 g/mol. The van der Waals surface area contributed by atoms with Crippen LogP contribution in [0.5, 0.6) is 5.75 Å².